The predicted octanol–water partition coefficient (Wildman–Crippen LogP) is -2.11. The van der Waals surface area contributed by atoms with Crippen molar-refractivity contribution in [3.05, 3.63) is 0 Å². The molecular formula is C5H11N2O3-. The van der Waals surface area contributed by atoms with Gasteiger partial charge in [0.25, 0.3) is 0 Å². The molecule has 0 aliphatic carbocycles. The van der Waals surface area contributed by atoms with Crippen LogP contribution >= 0.6 is 0 Å². The highest BCUT2D eigenvalue weighted by Gasteiger charge is 1.92. The molecule has 60 valence electrons. The fourth-order valence-electron chi connectivity index (χ4n) is 0.516. The molecule has 0 radical (unpaired) electrons. The molecule has 0 bridgehead atoms. The lowest BCUT2D eigenvalue weighted by Gasteiger charge is -2.10. The van der Waals surface area contributed by atoms with Crippen molar-refractivity contribution in [2.24, 2.45) is 5.73 Å². The van der Waals surface area contributed by atoms with E-state index >= 15 is 0 Å². The zero-order chi connectivity index (χ0) is 7.82. The molecule has 1 heterocycles. The maximum absolute atomic E-state index is 8.67. The van der Waals surface area contributed by atoms with Gasteiger partial charge < -0.3 is 25.7 Å². The molecule has 10 heavy (non-hydrogen) atoms. The Morgan fingerprint density at radius 1 is 1.50 bits per heavy atom. The van der Waals surface area contributed by atoms with Gasteiger partial charge in [-0.25, -0.2) is 0 Å². The molecule has 0 aromatic heterocycles. The summed E-state index contributed by atoms with van der Waals surface area (Å²) < 4.78 is 5.01. The lowest BCUT2D eigenvalue weighted by molar-refractivity contribution is -0.245. The number of hydrogen-bond acceptors (Lipinski definition) is 4. The van der Waals surface area contributed by atoms with Crippen LogP contribution in [0.5, 0.6) is 0 Å². The second-order valence-electron chi connectivity index (χ2n) is 1.68. The molecule has 0 saturated carbocycles. The van der Waals surface area contributed by atoms with Gasteiger partial charge in [0.05, 0.1) is 13.2 Å². The van der Waals surface area contributed by atoms with Gasteiger partial charge in [0.1, 0.15) is 6.09 Å². The van der Waals surface area contributed by atoms with Gasteiger partial charge in [0.2, 0.25) is 0 Å². The van der Waals surface area contributed by atoms with Gasteiger partial charge in [-0.3, -0.25) is 0 Å². The van der Waals surface area contributed by atoms with Gasteiger partial charge in [-0.2, -0.15) is 0 Å². The second kappa shape index (κ2) is 6.31. The van der Waals surface area contributed by atoms with Crippen LogP contribution in [0, 0.1) is 0 Å². The maximum atomic E-state index is 8.67. The van der Waals surface area contributed by atoms with E-state index in [0.29, 0.717) is 0 Å². The van der Waals surface area contributed by atoms with Crippen LogP contribution in [-0.4, -0.2) is 32.4 Å². The molecule has 0 atom stereocenters. The third-order valence-corrected chi connectivity index (χ3v) is 0.846. The van der Waals surface area contributed by atoms with Crippen LogP contribution in [0.2, 0.25) is 0 Å². The molecule has 5 nitrogen and oxygen atoms in total. The smallest absolute Gasteiger partial charge is 0.131 e. The van der Waals surface area contributed by atoms with Crippen molar-refractivity contribution < 1.29 is 14.6 Å². The minimum absolute atomic E-state index is 0.889. The van der Waals surface area contributed by atoms with Gasteiger partial charge >= 0.3 is 0 Å². The average molecular weight is 147 g/mol. The summed E-state index contributed by atoms with van der Waals surface area (Å²) in [5.41, 5.74) is 3.92. The highest BCUT2D eigenvalue weighted by Crippen LogP contribution is 1.76. The quantitative estimate of drug-likeness (QED) is 0.410. The number of nitrogens with two attached hydrogens (primary N) is 1. The molecule has 1 saturated heterocycles. The Balaban J connectivity index is 0.000000180. The molecule has 3 N–H and O–H groups in total. The number of carboxylic acid groups (broad SMARTS) is 1. The summed E-state index contributed by atoms with van der Waals surface area (Å²) in [5, 5.41) is 11.8. The first-order valence-corrected chi connectivity index (χ1v) is 2.98. The van der Waals surface area contributed by atoms with Gasteiger partial charge in [0.15, 0.2) is 0 Å². The number of hydrogen-bond donors (Lipinski definition) is 2. The number of morpholine rings is 1. The van der Waals surface area contributed by atoms with Crippen LogP contribution in [0.1, 0.15) is 0 Å². The van der Waals surface area contributed by atoms with E-state index in [1.165, 1.54) is 0 Å². The SMILES string of the molecule is C1COCCN1.NC(=O)[O-]. The Morgan fingerprint density at radius 2 is 1.90 bits per heavy atom. The predicted molar refractivity (Wildman–Crippen MR) is 33.3 cm³/mol. The lowest BCUT2D eigenvalue weighted by atomic mass is 10.5. The maximum Gasteiger partial charge on any atom is 0.131 e. The summed E-state index contributed by atoms with van der Waals surface area (Å²) in [4.78, 5) is 8.67. The Hall–Kier alpha value is -0.810. The first-order valence-electron chi connectivity index (χ1n) is 2.98. The molecule has 5 heteroatoms. The third-order valence-electron chi connectivity index (χ3n) is 0.846. The molecule has 0 spiro atoms. The molecular weight excluding hydrogens is 136 g/mol. The number of primary amides is 1. The standard InChI is InChI=1S/C4H9NO.CH3NO2/c1-3-6-4-2-5-1;2-1(3)4/h5H,1-4H2;2H2,(H,3,4)/p-1. The monoisotopic (exact) mass is 147 g/mol. The zero-order valence-corrected chi connectivity index (χ0v) is 5.63. The Morgan fingerprint density at radius 3 is 2.00 bits per heavy atom. The van der Waals surface area contributed by atoms with E-state index < -0.39 is 6.09 Å². The zero-order valence-electron chi connectivity index (χ0n) is 5.63. The Kier molecular flexibility index (Phi) is 5.80. The summed E-state index contributed by atoms with van der Waals surface area (Å²) in [6.07, 6.45) is -1.58. The highest BCUT2D eigenvalue weighted by atomic mass is 16.5. The van der Waals surface area contributed by atoms with E-state index in [-0.39, 0.29) is 0 Å². The molecule has 0 aromatic carbocycles. The average Bonchev–Trinajstić information content (AvgIpc) is 1.90. The van der Waals surface area contributed by atoms with E-state index in [1.54, 1.807) is 0 Å². The molecule has 1 aliphatic heterocycles. The minimum Gasteiger partial charge on any atom is -0.530 e. The molecule has 0 aromatic rings. The molecule has 1 amide bonds. The summed E-state index contributed by atoms with van der Waals surface area (Å²) in [6, 6.07) is 0. The number of rotatable bonds is 0. The van der Waals surface area contributed by atoms with Crippen LogP contribution in [0.15, 0.2) is 0 Å². The molecule has 0 unspecified atom stereocenters. The topological polar surface area (TPSA) is 87.4 Å². The molecule has 1 rings (SSSR count). The fraction of sp³-hybridized carbons (Fsp3) is 0.800. The number of amides is 1. The molecule has 1 aliphatic rings. The number of carbonyl (C=O) groups excluding carboxylic acids is 1. The normalized spacial score (nSPS) is 16.8. The Labute approximate surface area is 59.2 Å². The van der Waals surface area contributed by atoms with E-state index in [4.69, 9.17) is 14.6 Å². The van der Waals surface area contributed by atoms with Crippen molar-refractivity contribution in [2.75, 3.05) is 26.3 Å². The largest absolute Gasteiger partial charge is 0.530 e. The van der Waals surface area contributed by atoms with Crippen LogP contribution in [0.4, 0.5) is 4.79 Å². The van der Waals surface area contributed by atoms with Crippen LogP contribution in [0.25, 0.3) is 0 Å². The van der Waals surface area contributed by atoms with Crippen LogP contribution in [0.3, 0.4) is 0 Å². The highest BCUT2D eigenvalue weighted by molar-refractivity contribution is 5.58. The fourth-order valence-corrected chi connectivity index (χ4v) is 0.516. The van der Waals surface area contributed by atoms with E-state index in [2.05, 4.69) is 11.1 Å². The van der Waals surface area contributed by atoms with Crippen LogP contribution < -0.4 is 16.2 Å². The summed E-state index contributed by atoms with van der Waals surface area (Å²) in [7, 11) is 0. The van der Waals surface area contributed by atoms with Crippen molar-refractivity contribution >= 4 is 6.09 Å². The minimum atomic E-state index is -1.58. The van der Waals surface area contributed by atoms with Gasteiger partial charge in [-0.05, 0) is 0 Å². The summed E-state index contributed by atoms with van der Waals surface area (Å²) in [5.74, 6) is 0. The third kappa shape index (κ3) is 10.2. The first-order chi connectivity index (χ1) is 4.73. The van der Waals surface area contributed by atoms with E-state index in [0.717, 1.165) is 26.3 Å². The second-order valence-corrected chi connectivity index (χ2v) is 1.68. The van der Waals surface area contributed by atoms with Crippen molar-refractivity contribution in [3.63, 3.8) is 0 Å². The molecule has 1 fully saturated rings. The van der Waals surface area contributed by atoms with Crippen molar-refractivity contribution in [2.45, 2.75) is 0 Å². The van der Waals surface area contributed by atoms with Gasteiger partial charge in [-0.15, -0.1) is 0 Å². The number of ether oxygens (including phenoxy) is 1. The van der Waals surface area contributed by atoms with Gasteiger partial charge in [-0.1, -0.05) is 0 Å². The van der Waals surface area contributed by atoms with E-state index in [9.17, 15) is 0 Å². The van der Waals surface area contributed by atoms with E-state index in [1.807, 2.05) is 0 Å². The summed E-state index contributed by atoms with van der Waals surface area (Å²) in [6.45, 7) is 3.83. The lowest BCUT2D eigenvalue weighted by Crippen LogP contribution is -2.30. The first kappa shape index (κ1) is 9.19. The van der Waals surface area contributed by atoms with Crippen molar-refractivity contribution in [1.82, 2.24) is 5.32 Å². The number of nitrogens with one attached hydrogen (secondary N) is 1. The van der Waals surface area contributed by atoms with Crippen LogP contribution in [-0.2, 0) is 4.74 Å². The summed E-state index contributed by atoms with van der Waals surface area (Å²) >= 11 is 0. The van der Waals surface area contributed by atoms with Crippen molar-refractivity contribution in [3.8, 4) is 0 Å². The van der Waals surface area contributed by atoms with Crippen molar-refractivity contribution in [1.29, 1.82) is 0 Å². The Bertz CT molecular complexity index is 77.4. The number of carbonyl (C=O) groups is 1. The van der Waals surface area contributed by atoms with Gasteiger partial charge in [0, 0.05) is 13.1 Å².